The zero-order chi connectivity index (χ0) is 25.6. The molecule has 1 fully saturated rings. The molecule has 0 unspecified atom stereocenters. The van der Waals surface area contributed by atoms with Gasteiger partial charge < -0.3 is 15.2 Å². The summed E-state index contributed by atoms with van der Waals surface area (Å²) in [6.45, 7) is 5.38. The third-order valence-electron chi connectivity index (χ3n) is 6.67. The van der Waals surface area contributed by atoms with Crippen molar-refractivity contribution in [2.75, 3.05) is 19.0 Å². The number of nitrogens with one attached hydrogen (secondary N) is 3. The number of hydrogen-bond donors (Lipinski definition) is 5. The highest BCUT2D eigenvalue weighted by molar-refractivity contribution is 8.04. The van der Waals surface area contributed by atoms with E-state index in [9.17, 15) is 18.9 Å². The van der Waals surface area contributed by atoms with Crippen LogP contribution in [0.15, 0.2) is 35.6 Å². The maximum absolute atomic E-state index is 15.2. The van der Waals surface area contributed by atoms with E-state index in [0.29, 0.717) is 13.0 Å². The molecule has 35 heavy (non-hydrogen) atoms. The number of anilines is 1. The first kappa shape index (κ1) is 24.7. The molecule has 0 bridgehead atoms. The number of amides is 2. The second kappa shape index (κ2) is 8.64. The van der Waals surface area contributed by atoms with Crippen LogP contribution in [0, 0.1) is 5.82 Å². The van der Waals surface area contributed by atoms with Crippen molar-refractivity contribution in [2.45, 2.75) is 42.7 Å². The number of thiol groups is 1. The van der Waals surface area contributed by atoms with Crippen molar-refractivity contribution in [3.05, 3.63) is 47.7 Å². The number of hydrogen-bond acceptors (Lipinski definition) is 7. The average Bonchev–Trinajstić information content (AvgIpc) is 3.23. The van der Waals surface area contributed by atoms with E-state index in [2.05, 4.69) is 30.3 Å². The van der Waals surface area contributed by atoms with Crippen molar-refractivity contribution >= 4 is 33.6 Å². The van der Waals surface area contributed by atoms with Gasteiger partial charge in [-0.2, -0.15) is 0 Å². The van der Waals surface area contributed by atoms with Gasteiger partial charge in [-0.3, -0.25) is 24.0 Å². The summed E-state index contributed by atoms with van der Waals surface area (Å²) in [6.07, 6.45) is 1.65. The third kappa shape index (κ3) is 4.04. The van der Waals surface area contributed by atoms with Crippen molar-refractivity contribution in [1.29, 1.82) is 0 Å². The van der Waals surface area contributed by atoms with Crippen LogP contribution in [-0.4, -0.2) is 60.8 Å². The van der Waals surface area contributed by atoms with Crippen molar-refractivity contribution < 1.29 is 28.0 Å². The molecule has 0 aliphatic carbocycles. The minimum absolute atomic E-state index is 0.0103. The van der Waals surface area contributed by atoms with Gasteiger partial charge in [0.2, 0.25) is 5.88 Å². The molecule has 13 heteroatoms. The molecule has 4 N–H and O–H groups in total. The molecule has 0 saturated carbocycles. The minimum Gasteiger partial charge on any atom is -0.480 e. The monoisotopic (exact) mass is 506 g/mol. The smallest absolute Gasteiger partial charge is 0.410 e. The molecule has 11 nitrogen and oxygen atoms in total. The van der Waals surface area contributed by atoms with E-state index in [4.69, 9.17) is 4.74 Å². The molecule has 2 aliphatic rings. The summed E-state index contributed by atoms with van der Waals surface area (Å²) in [6, 6.07) is 3.99. The molecule has 1 saturated heterocycles. The normalized spacial score (nSPS) is 25.1. The number of ether oxygens (including phenoxy) is 1. The average molecular weight is 507 g/mol. The highest BCUT2D eigenvalue weighted by atomic mass is 32.3. The van der Waals surface area contributed by atoms with Crippen LogP contribution in [0.1, 0.15) is 43.2 Å². The zero-order valence-corrected chi connectivity index (χ0v) is 20.5. The van der Waals surface area contributed by atoms with E-state index in [-0.39, 0.29) is 28.7 Å². The van der Waals surface area contributed by atoms with Gasteiger partial charge in [-0.15, -0.1) is 0 Å². The lowest BCUT2D eigenvalue weighted by atomic mass is 9.85. The number of amidine groups is 1. The van der Waals surface area contributed by atoms with E-state index in [1.165, 1.54) is 37.7 Å². The van der Waals surface area contributed by atoms with Crippen molar-refractivity contribution in [3.8, 4) is 5.88 Å². The van der Waals surface area contributed by atoms with Gasteiger partial charge in [-0.25, -0.2) is 19.2 Å². The number of carboxylic acid groups (broad SMARTS) is 1. The molecule has 188 valence electrons. The molecule has 3 heterocycles. The topological polar surface area (TPSA) is 155 Å². The van der Waals surface area contributed by atoms with Gasteiger partial charge in [-0.05, 0) is 55.5 Å². The van der Waals surface area contributed by atoms with Crippen LogP contribution in [0.4, 0.5) is 14.9 Å². The highest BCUT2D eigenvalue weighted by Crippen LogP contribution is 2.49. The predicted molar refractivity (Wildman–Crippen MR) is 129 cm³/mol. The Morgan fingerprint density at radius 3 is 2.60 bits per heavy atom. The van der Waals surface area contributed by atoms with Crippen LogP contribution < -0.4 is 20.1 Å². The van der Waals surface area contributed by atoms with Gasteiger partial charge in [0.15, 0.2) is 0 Å². The number of aliphatic imine (C=N–C) groups is 1. The summed E-state index contributed by atoms with van der Waals surface area (Å²) < 4.78 is 36.3. The number of carbonyl (C=O) groups excluding carboxylic acids is 1. The van der Waals surface area contributed by atoms with Crippen molar-refractivity contribution in [2.24, 2.45) is 4.99 Å². The number of benzene rings is 1. The number of halogens is 1. The summed E-state index contributed by atoms with van der Waals surface area (Å²) in [5, 5.41) is 13.7. The Kier molecular flexibility index (Phi) is 6.09. The van der Waals surface area contributed by atoms with Crippen LogP contribution in [0.3, 0.4) is 0 Å². The first-order valence-electron chi connectivity index (χ1n) is 10.8. The van der Waals surface area contributed by atoms with Gasteiger partial charge in [0, 0.05) is 17.8 Å². The van der Waals surface area contributed by atoms with Crippen molar-refractivity contribution in [1.82, 2.24) is 20.0 Å². The van der Waals surface area contributed by atoms with Gasteiger partial charge in [0.1, 0.15) is 22.9 Å². The van der Waals surface area contributed by atoms with Crippen LogP contribution in [0.5, 0.6) is 5.88 Å². The number of rotatable bonds is 4. The Labute approximate surface area is 202 Å². The predicted octanol–water partition coefficient (Wildman–Crippen LogP) is 1.84. The van der Waals surface area contributed by atoms with Crippen LogP contribution in [-0.2, 0) is 15.7 Å². The highest BCUT2D eigenvalue weighted by Gasteiger charge is 2.59. The molecular weight excluding hydrogens is 479 g/mol. The summed E-state index contributed by atoms with van der Waals surface area (Å²) >= 11 is 0. The van der Waals surface area contributed by atoms with Crippen LogP contribution in [0.25, 0.3) is 0 Å². The molecule has 2 aromatic rings. The Morgan fingerprint density at radius 2 is 1.97 bits per heavy atom. The van der Waals surface area contributed by atoms with Gasteiger partial charge >= 0.3 is 6.09 Å². The third-order valence-corrected chi connectivity index (χ3v) is 10.9. The first-order chi connectivity index (χ1) is 16.4. The largest absolute Gasteiger partial charge is 0.480 e. The molecule has 0 radical (unpaired) electrons. The Morgan fingerprint density at radius 1 is 1.23 bits per heavy atom. The molecule has 2 atom stereocenters. The summed E-state index contributed by atoms with van der Waals surface area (Å²) in [4.78, 5) is 36.7. The van der Waals surface area contributed by atoms with Gasteiger partial charge in [0.25, 0.3) is 5.91 Å². The van der Waals surface area contributed by atoms with Gasteiger partial charge in [-0.1, -0.05) is 0 Å². The number of carbonyl (C=O) groups is 2. The second-order valence-corrected chi connectivity index (χ2v) is 12.4. The number of nitrogens with zero attached hydrogens (tertiary/aromatic N) is 3. The van der Waals surface area contributed by atoms with Crippen LogP contribution in [0.2, 0.25) is 0 Å². The number of methoxy groups -OCH3 is 1. The minimum atomic E-state index is -3.29. The fourth-order valence-electron chi connectivity index (χ4n) is 4.73. The Balaban J connectivity index is 1.76. The molecule has 2 aliphatic heterocycles. The maximum atomic E-state index is 15.2. The lowest BCUT2D eigenvalue weighted by Crippen LogP contribution is -2.65. The molecule has 4 rings (SSSR count). The Hall–Kier alpha value is -3.45. The molecule has 0 spiro atoms. The quantitative estimate of drug-likeness (QED) is 0.396. The summed E-state index contributed by atoms with van der Waals surface area (Å²) in [5.74, 6) is -0.954. The number of fused-ring (bicyclic) bond motifs is 1. The lowest BCUT2D eigenvalue weighted by molar-refractivity contribution is 0.102. The van der Waals surface area contributed by atoms with E-state index in [1.54, 1.807) is 20.8 Å². The molecular formula is C22H27FN6O5S. The Bertz CT molecular complexity index is 1270. The van der Waals surface area contributed by atoms with Crippen molar-refractivity contribution in [3.63, 3.8) is 0 Å². The maximum Gasteiger partial charge on any atom is 0.410 e. The standard InChI is InChI=1S/C22H27FN6O5S/c1-21(2)19(28-20(31)32)29-22(3,16-7-8-26-35(16,21)33)13-9-12(5-6-14(13)23)27-18(30)15-10-25-17(34-4)11-24-15/h5-6,9-11,16,35H,7-8H2,1-4H3,(H,26,33)(H,27,30)(H,28,29)(H,31,32)/t16-,22+/m0/s1. The van der Waals surface area contributed by atoms with E-state index >= 15 is 4.39 Å². The fraction of sp³-hybridized carbons (Fsp3) is 0.409. The molecule has 1 aromatic heterocycles. The van der Waals surface area contributed by atoms with Crippen LogP contribution >= 0.6 is 0 Å². The lowest BCUT2D eigenvalue weighted by Gasteiger charge is -2.51. The molecule has 1 aromatic carbocycles. The second-order valence-electron chi connectivity index (χ2n) is 9.06. The first-order valence-corrected chi connectivity index (χ1v) is 12.6. The summed E-state index contributed by atoms with van der Waals surface area (Å²) in [5.41, 5.74) is -0.987. The van der Waals surface area contributed by atoms with E-state index in [0.717, 1.165) is 0 Å². The number of aromatic nitrogens is 2. The zero-order valence-electron chi connectivity index (χ0n) is 19.6. The molecule has 2 amide bonds. The van der Waals surface area contributed by atoms with Gasteiger partial charge in [0.05, 0.1) is 29.5 Å². The van der Waals surface area contributed by atoms with E-state index < -0.39 is 43.5 Å². The summed E-state index contributed by atoms with van der Waals surface area (Å²) in [7, 11) is -1.86. The SMILES string of the molecule is COc1cnc(C(=O)Nc2ccc(F)c([C@@]3(C)N=C(NC(=O)O)C(C)(C)[SH]4(=O)NCC[C@@H]34)c2)cn1. The fourth-order valence-corrected chi connectivity index (χ4v) is 8.40. The van der Waals surface area contributed by atoms with E-state index in [1.807, 2.05) is 0 Å².